The molecule has 0 radical (unpaired) electrons. The fraction of sp³-hybridized carbons (Fsp3) is 0.296. The lowest BCUT2D eigenvalue weighted by Gasteiger charge is -2.19. The van der Waals surface area contributed by atoms with Crippen molar-refractivity contribution in [1.29, 1.82) is 0 Å². The summed E-state index contributed by atoms with van der Waals surface area (Å²) in [6.45, 7) is 2.14. The number of ether oxygens (including phenoxy) is 4. The van der Waals surface area contributed by atoms with E-state index in [1.165, 1.54) is 0 Å². The minimum Gasteiger partial charge on any atom is -0.506 e. The number of hydrogen-bond acceptors (Lipinski definition) is 8. The maximum absolute atomic E-state index is 13.0. The zero-order valence-electron chi connectivity index (χ0n) is 20.5. The summed E-state index contributed by atoms with van der Waals surface area (Å²) < 4.78 is 21.0. The van der Waals surface area contributed by atoms with Crippen LogP contribution in [0.3, 0.4) is 0 Å². The van der Waals surface area contributed by atoms with E-state index in [1.807, 2.05) is 24.3 Å². The molecule has 0 saturated carbocycles. The van der Waals surface area contributed by atoms with Gasteiger partial charge in [0, 0.05) is 25.1 Å². The number of aromatic hydroxyl groups is 1. The van der Waals surface area contributed by atoms with E-state index in [0.717, 1.165) is 17.5 Å². The molecule has 10 heteroatoms. The Labute approximate surface area is 213 Å². The van der Waals surface area contributed by atoms with Crippen LogP contribution in [0.15, 0.2) is 53.5 Å². The molecule has 0 saturated heterocycles. The standard InChI is InChI=1S/C27H28N2O8/c1-3-35-27(33)20-14-29-26(32)24(25(20)31)19(17-6-9-21-22(12-17)37-15-36-21)13-23(30)28-11-10-16-4-7-18(34-2)8-5-16/h4-9,12,14,19H,3,10-11,13,15H2,1-2H3,(H,28,30)(H2,29,31,32)/t19-/m1/s1. The lowest BCUT2D eigenvalue weighted by molar-refractivity contribution is -0.121. The molecule has 3 N–H and O–H groups in total. The number of pyridine rings is 1. The van der Waals surface area contributed by atoms with Crippen molar-refractivity contribution < 1.29 is 33.6 Å². The number of fused-ring (bicyclic) bond motifs is 1. The number of methoxy groups -OCH3 is 1. The Morgan fingerprint density at radius 2 is 1.89 bits per heavy atom. The van der Waals surface area contributed by atoms with Crippen LogP contribution in [0.25, 0.3) is 0 Å². The van der Waals surface area contributed by atoms with Gasteiger partial charge in [0.25, 0.3) is 5.56 Å². The van der Waals surface area contributed by atoms with Crippen molar-refractivity contribution in [3.05, 3.63) is 81.3 Å². The quantitative estimate of drug-likeness (QED) is 0.356. The third kappa shape index (κ3) is 5.85. The summed E-state index contributed by atoms with van der Waals surface area (Å²) in [6.07, 6.45) is 1.53. The molecule has 4 rings (SSSR count). The normalized spacial score (nSPS) is 12.6. The Hall–Kier alpha value is -4.47. The van der Waals surface area contributed by atoms with Gasteiger partial charge < -0.3 is 34.4 Å². The van der Waals surface area contributed by atoms with Crippen molar-refractivity contribution >= 4 is 11.9 Å². The summed E-state index contributed by atoms with van der Waals surface area (Å²) in [5.74, 6) is -0.800. The first-order chi connectivity index (χ1) is 17.9. The van der Waals surface area contributed by atoms with Crippen LogP contribution in [0, 0.1) is 0 Å². The third-order valence-electron chi connectivity index (χ3n) is 6.03. The van der Waals surface area contributed by atoms with E-state index in [2.05, 4.69) is 10.3 Å². The second-order valence-electron chi connectivity index (χ2n) is 8.33. The van der Waals surface area contributed by atoms with Crippen LogP contribution in [0.2, 0.25) is 0 Å². The van der Waals surface area contributed by atoms with Gasteiger partial charge >= 0.3 is 5.97 Å². The number of benzene rings is 2. The van der Waals surface area contributed by atoms with Crippen LogP contribution in [0.5, 0.6) is 23.0 Å². The van der Waals surface area contributed by atoms with Gasteiger partial charge in [-0.15, -0.1) is 0 Å². The number of amides is 1. The second kappa shape index (κ2) is 11.5. The number of rotatable bonds is 10. The predicted molar refractivity (Wildman–Crippen MR) is 133 cm³/mol. The molecular weight excluding hydrogens is 480 g/mol. The van der Waals surface area contributed by atoms with Crippen molar-refractivity contribution in [2.45, 2.75) is 25.7 Å². The van der Waals surface area contributed by atoms with E-state index in [4.69, 9.17) is 18.9 Å². The number of esters is 1. The minimum absolute atomic E-state index is 0.0550. The molecule has 3 aromatic rings. The molecule has 1 amide bonds. The van der Waals surface area contributed by atoms with Crippen molar-refractivity contribution in [3.8, 4) is 23.0 Å². The molecule has 1 aliphatic heterocycles. The van der Waals surface area contributed by atoms with Crippen LogP contribution in [0.4, 0.5) is 0 Å². The maximum Gasteiger partial charge on any atom is 0.343 e. The number of nitrogens with one attached hydrogen (secondary N) is 2. The van der Waals surface area contributed by atoms with Gasteiger partial charge in [-0.2, -0.15) is 0 Å². The first-order valence-electron chi connectivity index (χ1n) is 11.8. The van der Waals surface area contributed by atoms with Crippen LogP contribution < -0.4 is 25.1 Å². The average molecular weight is 509 g/mol. The molecule has 0 spiro atoms. The van der Waals surface area contributed by atoms with E-state index in [0.29, 0.717) is 30.0 Å². The number of H-pyrrole nitrogens is 1. The predicted octanol–water partition coefficient (Wildman–Crippen LogP) is 2.88. The topological polar surface area (TPSA) is 136 Å². The Kier molecular flexibility index (Phi) is 7.97. The molecule has 1 aliphatic rings. The van der Waals surface area contributed by atoms with Gasteiger partial charge in [-0.3, -0.25) is 9.59 Å². The molecule has 1 aromatic heterocycles. The first-order valence-corrected chi connectivity index (χ1v) is 11.8. The highest BCUT2D eigenvalue weighted by Gasteiger charge is 2.29. The number of aromatic amines is 1. The third-order valence-corrected chi connectivity index (χ3v) is 6.03. The summed E-state index contributed by atoms with van der Waals surface area (Å²) in [6, 6.07) is 12.5. The highest BCUT2D eigenvalue weighted by atomic mass is 16.7. The molecule has 2 aromatic carbocycles. The molecule has 1 atom stereocenters. The highest BCUT2D eigenvalue weighted by Crippen LogP contribution is 2.39. The minimum atomic E-state index is -0.881. The fourth-order valence-electron chi connectivity index (χ4n) is 4.14. The van der Waals surface area contributed by atoms with Gasteiger partial charge in [0.05, 0.1) is 19.3 Å². The number of carbonyl (C=O) groups excluding carboxylic acids is 2. The Morgan fingerprint density at radius 3 is 2.62 bits per heavy atom. The molecule has 37 heavy (non-hydrogen) atoms. The van der Waals surface area contributed by atoms with Crippen LogP contribution >= 0.6 is 0 Å². The van der Waals surface area contributed by atoms with Crippen LogP contribution in [-0.2, 0) is 16.0 Å². The van der Waals surface area contributed by atoms with Crippen molar-refractivity contribution in [1.82, 2.24) is 10.3 Å². The average Bonchev–Trinajstić information content (AvgIpc) is 3.36. The zero-order valence-corrected chi connectivity index (χ0v) is 20.5. The highest BCUT2D eigenvalue weighted by molar-refractivity contribution is 5.92. The molecule has 0 fully saturated rings. The first kappa shape index (κ1) is 25.6. The molecule has 0 bridgehead atoms. The lowest BCUT2D eigenvalue weighted by Crippen LogP contribution is -2.29. The number of hydrogen-bond donors (Lipinski definition) is 3. The summed E-state index contributed by atoms with van der Waals surface area (Å²) in [5.41, 5.74) is 0.622. The molecule has 0 unspecified atom stereocenters. The lowest BCUT2D eigenvalue weighted by atomic mass is 9.87. The Morgan fingerprint density at radius 1 is 1.14 bits per heavy atom. The van der Waals surface area contributed by atoms with Crippen molar-refractivity contribution in [2.75, 3.05) is 27.1 Å². The number of aromatic nitrogens is 1. The SMILES string of the molecule is CCOC(=O)c1c[nH]c(=O)c([C@H](CC(=O)NCCc2ccc(OC)cc2)c2ccc3c(c2)OCO3)c1O. The molecular formula is C27H28N2O8. The number of carbonyl (C=O) groups is 2. The van der Waals surface area contributed by atoms with Crippen LogP contribution in [-0.4, -0.2) is 49.0 Å². The van der Waals surface area contributed by atoms with E-state index in [-0.39, 0.29) is 36.9 Å². The van der Waals surface area contributed by atoms with Crippen molar-refractivity contribution in [2.24, 2.45) is 0 Å². The van der Waals surface area contributed by atoms with Gasteiger partial charge in [0.1, 0.15) is 17.1 Å². The van der Waals surface area contributed by atoms with Crippen LogP contribution in [0.1, 0.15) is 46.3 Å². The summed E-state index contributed by atoms with van der Waals surface area (Å²) >= 11 is 0. The molecule has 2 heterocycles. The van der Waals surface area contributed by atoms with Gasteiger partial charge in [-0.1, -0.05) is 18.2 Å². The van der Waals surface area contributed by atoms with Gasteiger partial charge in [0.2, 0.25) is 12.7 Å². The Bertz CT molecular complexity index is 1330. The molecule has 194 valence electrons. The largest absolute Gasteiger partial charge is 0.506 e. The zero-order chi connectivity index (χ0) is 26.4. The van der Waals surface area contributed by atoms with Gasteiger partial charge in [0.15, 0.2) is 11.5 Å². The van der Waals surface area contributed by atoms with E-state index >= 15 is 0 Å². The maximum atomic E-state index is 13.0. The Balaban J connectivity index is 1.59. The fourth-order valence-corrected chi connectivity index (χ4v) is 4.14. The monoisotopic (exact) mass is 508 g/mol. The van der Waals surface area contributed by atoms with E-state index in [9.17, 15) is 19.5 Å². The van der Waals surface area contributed by atoms with E-state index < -0.39 is 23.2 Å². The molecule has 0 aliphatic carbocycles. The van der Waals surface area contributed by atoms with Gasteiger partial charge in [-0.05, 0) is 48.7 Å². The summed E-state index contributed by atoms with van der Waals surface area (Å²) in [4.78, 5) is 40.7. The van der Waals surface area contributed by atoms with Crippen molar-refractivity contribution in [3.63, 3.8) is 0 Å². The summed E-state index contributed by atoms with van der Waals surface area (Å²) in [7, 11) is 1.59. The second-order valence-corrected chi connectivity index (χ2v) is 8.33. The van der Waals surface area contributed by atoms with Gasteiger partial charge in [-0.25, -0.2) is 4.79 Å². The molecule has 10 nitrogen and oxygen atoms in total. The smallest absolute Gasteiger partial charge is 0.343 e. The summed E-state index contributed by atoms with van der Waals surface area (Å²) in [5, 5.41) is 13.8. The van der Waals surface area contributed by atoms with E-state index in [1.54, 1.807) is 32.2 Å².